The molecule has 0 fully saturated rings. The molecule has 0 radical (unpaired) electrons. The molecular formula is C23H21ClN2O. The van der Waals surface area contributed by atoms with Crippen molar-refractivity contribution in [3.05, 3.63) is 94.5 Å². The van der Waals surface area contributed by atoms with Gasteiger partial charge in [-0.25, -0.2) is 0 Å². The van der Waals surface area contributed by atoms with Gasteiger partial charge in [0, 0.05) is 28.5 Å². The number of rotatable bonds is 3. The summed E-state index contributed by atoms with van der Waals surface area (Å²) >= 11 is 5.96. The maximum Gasteiger partial charge on any atom is 0.258 e. The Bertz CT molecular complexity index is 951. The first-order valence-corrected chi connectivity index (χ1v) is 9.49. The van der Waals surface area contributed by atoms with E-state index in [0.29, 0.717) is 17.1 Å². The highest BCUT2D eigenvalue weighted by Crippen LogP contribution is 2.36. The lowest BCUT2D eigenvalue weighted by Crippen LogP contribution is -2.38. The lowest BCUT2D eigenvalue weighted by molar-refractivity contribution is 0.0984. The van der Waals surface area contributed by atoms with E-state index in [9.17, 15) is 4.79 Å². The van der Waals surface area contributed by atoms with Gasteiger partial charge in [0.25, 0.3) is 5.91 Å². The Balaban J connectivity index is 1.62. The number of halogens is 1. The molecule has 1 N–H and O–H groups in total. The van der Waals surface area contributed by atoms with Crippen LogP contribution in [-0.2, 0) is 0 Å². The normalized spacial score (nSPS) is 15.9. The number of hydrogen-bond acceptors (Lipinski definition) is 2. The second-order valence-corrected chi connectivity index (χ2v) is 7.31. The Morgan fingerprint density at radius 3 is 2.44 bits per heavy atom. The van der Waals surface area contributed by atoms with Crippen molar-refractivity contribution in [3.63, 3.8) is 0 Å². The number of hydrogen-bond donors (Lipinski definition) is 1. The van der Waals surface area contributed by atoms with Gasteiger partial charge in [0.15, 0.2) is 0 Å². The van der Waals surface area contributed by atoms with Crippen molar-refractivity contribution in [1.29, 1.82) is 0 Å². The number of carbonyl (C=O) groups excluding carboxylic acids is 1. The van der Waals surface area contributed by atoms with Gasteiger partial charge >= 0.3 is 0 Å². The molecule has 1 unspecified atom stereocenters. The molecule has 0 spiro atoms. The fraction of sp³-hybridized carbons (Fsp3) is 0.174. The molecule has 0 saturated carbocycles. The van der Waals surface area contributed by atoms with Crippen molar-refractivity contribution in [2.45, 2.75) is 19.4 Å². The van der Waals surface area contributed by atoms with Crippen LogP contribution in [0.4, 0.5) is 11.4 Å². The second-order valence-electron chi connectivity index (χ2n) is 6.87. The van der Waals surface area contributed by atoms with E-state index in [0.717, 1.165) is 23.4 Å². The molecule has 136 valence electrons. The predicted molar refractivity (Wildman–Crippen MR) is 112 cm³/mol. The summed E-state index contributed by atoms with van der Waals surface area (Å²) < 4.78 is 0. The second kappa shape index (κ2) is 7.45. The molecule has 3 aromatic rings. The van der Waals surface area contributed by atoms with Gasteiger partial charge in [-0.15, -0.1) is 0 Å². The summed E-state index contributed by atoms with van der Waals surface area (Å²) in [5, 5.41) is 4.25. The summed E-state index contributed by atoms with van der Waals surface area (Å²) in [6.07, 6.45) is 0.851. The molecule has 4 heteroatoms. The number of anilines is 2. The van der Waals surface area contributed by atoms with Gasteiger partial charge in [0.1, 0.15) is 0 Å². The van der Waals surface area contributed by atoms with E-state index >= 15 is 0 Å². The Kier molecular flexibility index (Phi) is 4.87. The molecule has 1 heterocycles. The summed E-state index contributed by atoms with van der Waals surface area (Å²) in [5.74, 6) is 0.00732. The average Bonchev–Trinajstić information content (AvgIpc) is 2.70. The van der Waals surface area contributed by atoms with Crippen LogP contribution < -0.4 is 10.2 Å². The summed E-state index contributed by atoms with van der Waals surface area (Å²) in [5.41, 5.74) is 5.10. The van der Waals surface area contributed by atoms with Crippen molar-refractivity contribution in [2.24, 2.45) is 0 Å². The number of para-hydroxylation sites is 1. The van der Waals surface area contributed by atoms with Crippen LogP contribution in [-0.4, -0.2) is 12.5 Å². The van der Waals surface area contributed by atoms with E-state index in [4.69, 9.17) is 11.6 Å². The van der Waals surface area contributed by atoms with Crippen LogP contribution in [0.5, 0.6) is 0 Å². The van der Waals surface area contributed by atoms with E-state index < -0.39 is 0 Å². The minimum Gasteiger partial charge on any atom is -0.378 e. The largest absolute Gasteiger partial charge is 0.378 e. The van der Waals surface area contributed by atoms with Gasteiger partial charge in [-0.3, -0.25) is 4.79 Å². The maximum absolute atomic E-state index is 13.0. The van der Waals surface area contributed by atoms with Crippen LogP contribution in [0.3, 0.4) is 0 Å². The van der Waals surface area contributed by atoms with Crippen molar-refractivity contribution in [1.82, 2.24) is 0 Å². The topological polar surface area (TPSA) is 32.3 Å². The lowest BCUT2D eigenvalue weighted by Gasteiger charge is -2.35. The van der Waals surface area contributed by atoms with E-state index in [1.165, 1.54) is 5.56 Å². The molecule has 3 nitrogen and oxygen atoms in total. The predicted octanol–water partition coefficient (Wildman–Crippen LogP) is 5.85. The fourth-order valence-electron chi connectivity index (χ4n) is 3.52. The molecule has 3 aromatic carbocycles. The third kappa shape index (κ3) is 3.69. The van der Waals surface area contributed by atoms with E-state index in [1.807, 2.05) is 23.1 Å². The summed E-state index contributed by atoms with van der Waals surface area (Å²) in [7, 11) is 0. The Labute approximate surface area is 164 Å². The van der Waals surface area contributed by atoms with Crippen LogP contribution in [0, 0.1) is 6.92 Å². The molecule has 1 amide bonds. The van der Waals surface area contributed by atoms with Crippen molar-refractivity contribution < 1.29 is 4.79 Å². The standard InChI is InChI=1S/C23H21ClN2O/c1-16-6-12-19(13-7-16)25-21-14-15-26(22-5-3-2-4-20(21)22)23(27)17-8-10-18(24)11-9-17/h2-13,21,25H,14-15H2,1H3. The quantitative estimate of drug-likeness (QED) is 0.621. The van der Waals surface area contributed by atoms with Gasteiger partial charge in [-0.05, 0) is 61.4 Å². The number of amides is 1. The third-order valence-electron chi connectivity index (χ3n) is 4.97. The first-order chi connectivity index (χ1) is 13.1. The van der Waals surface area contributed by atoms with Crippen LogP contribution in [0.25, 0.3) is 0 Å². The highest BCUT2D eigenvalue weighted by atomic mass is 35.5. The number of nitrogens with one attached hydrogen (secondary N) is 1. The average molecular weight is 377 g/mol. The molecule has 0 aromatic heterocycles. The number of fused-ring (bicyclic) bond motifs is 1. The fourth-order valence-corrected chi connectivity index (χ4v) is 3.65. The van der Waals surface area contributed by atoms with Gasteiger partial charge in [-0.1, -0.05) is 47.5 Å². The van der Waals surface area contributed by atoms with E-state index in [1.54, 1.807) is 24.3 Å². The summed E-state index contributed by atoms with van der Waals surface area (Å²) in [4.78, 5) is 14.9. The van der Waals surface area contributed by atoms with Gasteiger partial charge < -0.3 is 10.2 Å². The molecule has 0 saturated heterocycles. The van der Waals surface area contributed by atoms with Gasteiger partial charge in [0.2, 0.25) is 0 Å². The zero-order chi connectivity index (χ0) is 18.8. The van der Waals surface area contributed by atoms with Gasteiger partial charge in [0.05, 0.1) is 6.04 Å². The number of carbonyl (C=O) groups is 1. The summed E-state index contributed by atoms with van der Waals surface area (Å²) in [6.45, 7) is 2.75. The maximum atomic E-state index is 13.0. The molecule has 0 bridgehead atoms. The Morgan fingerprint density at radius 1 is 1.00 bits per heavy atom. The van der Waals surface area contributed by atoms with Crippen molar-refractivity contribution >= 4 is 28.9 Å². The van der Waals surface area contributed by atoms with E-state index in [2.05, 4.69) is 42.6 Å². The number of nitrogens with zero attached hydrogens (tertiary/aromatic N) is 1. The van der Waals surface area contributed by atoms with E-state index in [-0.39, 0.29) is 11.9 Å². The molecule has 1 aliphatic rings. The zero-order valence-corrected chi connectivity index (χ0v) is 15.9. The summed E-state index contributed by atoms with van der Waals surface area (Å²) in [6, 6.07) is 23.8. The lowest BCUT2D eigenvalue weighted by atomic mass is 9.95. The third-order valence-corrected chi connectivity index (χ3v) is 5.23. The Morgan fingerprint density at radius 2 is 1.70 bits per heavy atom. The smallest absolute Gasteiger partial charge is 0.258 e. The zero-order valence-electron chi connectivity index (χ0n) is 15.2. The molecule has 0 aliphatic carbocycles. The number of aryl methyl sites for hydroxylation is 1. The Hall–Kier alpha value is -2.78. The molecule has 1 aliphatic heterocycles. The van der Waals surface area contributed by atoms with Crippen LogP contribution in [0.2, 0.25) is 5.02 Å². The first-order valence-electron chi connectivity index (χ1n) is 9.11. The molecule has 1 atom stereocenters. The van der Waals surface area contributed by atoms with Crippen molar-refractivity contribution in [3.8, 4) is 0 Å². The number of benzene rings is 3. The monoisotopic (exact) mass is 376 g/mol. The van der Waals surface area contributed by atoms with Crippen molar-refractivity contribution in [2.75, 3.05) is 16.8 Å². The van der Waals surface area contributed by atoms with Crippen LogP contribution >= 0.6 is 11.6 Å². The molecule has 4 rings (SSSR count). The first kappa shape index (κ1) is 17.6. The highest BCUT2D eigenvalue weighted by Gasteiger charge is 2.29. The molecule has 27 heavy (non-hydrogen) atoms. The minimum atomic E-state index is 0.00732. The van der Waals surface area contributed by atoms with Crippen LogP contribution in [0.15, 0.2) is 72.8 Å². The molecular weight excluding hydrogens is 356 g/mol. The highest BCUT2D eigenvalue weighted by molar-refractivity contribution is 6.30. The van der Waals surface area contributed by atoms with Gasteiger partial charge in [-0.2, -0.15) is 0 Å². The minimum absolute atomic E-state index is 0.00732. The van der Waals surface area contributed by atoms with Crippen LogP contribution in [0.1, 0.15) is 33.9 Å². The SMILES string of the molecule is Cc1ccc(NC2CCN(C(=O)c3ccc(Cl)cc3)c3ccccc32)cc1.